The molecule has 0 aliphatic carbocycles. The standard InChI is InChI=1S/C25H31N3O3/c1-5-19-6-8-21(9-7-19)24-28-22(18(2)31-24)15-30-16-23(29)27-13-11-20-10-12-25(3,4)17-26-14-20/h6-10,12,14,17H,5,11,13,15-16H2,1-4H3,(H,27,29). The van der Waals surface area contributed by atoms with Crippen LogP contribution < -0.4 is 5.32 Å². The molecule has 1 aromatic carbocycles. The van der Waals surface area contributed by atoms with Crippen molar-refractivity contribution in [1.82, 2.24) is 10.3 Å². The Morgan fingerprint density at radius 1 is 1.23 bits per heavy atom. The lowest BCUT2D eigenvalue weighted by Crippen LogP contribution is -2.28. The molecule has 0 fully saturated rings. The van der Waals surface area contributed by atoms with Crippen LogP contribution in [0.15, 0.2) is 57.6 Å². The first-order chi connectivity index (χ1) is 14.9. The minimum atomic E-state index is -0.154. The zero-order valence-electron chi connectivity index (χ0n) is 18.8. The number of benzene rings is 1. The highest BCUT2D eigenvalue weighted by molar-refractivity contribution is 5.77. The van der Waals surface area contributed by atoms with Gasteiger partial charge in [-0.1, -0.05) is 45.1 Å². The van der Waals surface area contributed by atoms with Gasteiger partial charge in [0.05, 0.1) is 6.61 Å². The Labute approximate surface area is 184 Å². The number of carbonyl (C=O) groups excluding carboxylic acids is 1. The van der Waals surface area contributed by atoms with Gasteiger partial charge >= 0.3 is 0 Å². The summed E-state index contributed by atoms with van der Waals surface area (Å²) in [6, 6.07) is 8.16. The molecule has 2 heterocycles. The number of hydrogen-bond donors (Lipinski definition) is 1. The molecule has 0 radical (unpaired) electrons. The van der Waals surface area contributed by atoms with E-state index < -0.39 is 0 Å². The van der Waals surface area contributed by atoms with E-state index in [0.717, 1.165) is 24.0 Å². The monoisotopic (exact) mass is 421 g/mol. The second-order valence-corrected chi connectivity index (χ2v) is 8.30. The van der Waals surface area contributed by atoms with Crippen LogP contribution in [-0.4, -0.2) is 30.3 Å². The maximum atomic E-state index is 12.1. The third kappa shape index (κ3) is 6.76. The third-order valence-corrected chi connectivity index (χ3v) is 5.08. The van der Waals surface area contributed by atoms with Gasteiger partial charge in [0.1, 0.15) is 18.1 Å². The van der Waals surface area contributed by atoms with Crippen molar-refractivity contribution in [3.05, 3.63) is 65.2 Å². The Balaban J connectivity index is 1.42. The summed E-state index contributed by atoms with van der Waals surface area (Å²) in [6.07, 6.45) is 9.66. The van der Waals surface area contributed by atoms with E-state index in [1.54, 1.807) is 0 Å². The summed E-state index contributed by atoms with van der Waals surface area (Å²) >= 11 is 0. The smallest absolute Gasteiger partial charge is 0.246 e. The van der Waals surface area contributed by atoms with Crippen molar-refractivity contribution in [1.29, 1.82) is 0 Å². The van der Waals surface area contributed by atoms with Crippen LogP contribution in [0.25, 0.3) is 11.5 Å². The molecule has 6 heteroatoms. The summed E-state index contributed by atoms with van der Waals surface area (Å²) in [4.78, 5) is 20.9. The fraction of sp³-hybridized carbons (Fsp3) is 0.400. The lowest BCUT2D eigenvalue weighted by atomic mass is 9.94. The number of amides is 1. The number of carbonyl (C=O) groups is 1. The molecular weight excluding hydrogens is 390 g/mol. The fourth-order valence-electron chi connectivity index (χ4n) is 3.09. The number of aromatic nitrogens is 1. The van der Waals surface area contributed by atoms with Crippen molar-refractivity contribution >= 4 is 12.1 Å². The highest BCUT2D eigenvalue weighted by atomic mass is 16.5. The van der Waals surface area contributed by atoms with E-state index in [2.05, 4.69) is 60.3 Å². The summed E-state index contributed by atoms with van der Waals surface area (Å²) in [5, 5.41) is 2.88. The first-order valence-corrected chi connectivity index (χ1v) is 10.7. The average Bonchev–Trinajstić information content (AvgIpc) is 3.02. The second kappa shape index (κ2) is 10.4. The zero-order valence-corrected chi connectivity index (χ0v) is 18.8. The topological polar surface area (TPSA) is 76.7 Å². The number of oxazole rings is 1. The second-order valence-electron chi connectivity index (χ2n) is 8.30. The van der Waals surface area contributed by atoms with Crippen LogP contribution in [0.3, 0.4) is 0 Å². The molecular formula is C25H31N3O3. The normalized spacial score (nSPS) is 14.9. The van der Waals surface area contributed by atoms with Crippen molar-refractivity contribution in [3.63, 3.8) is 0 Å². The predicted octanol–water partition coefficient (Wildman–Crippen LogP) is 4.79. The van der Waals surface area contributed by atoms with Gasteiger partial charge in [-0.15, -0.1) is 0 Å². The lowest BCUT2D eigenvalue weighted by Gasteiger charge is -2.11. The van der Waals surface area contributed by atoms with Gasteiger partial charge in [-0.05, 0) is 43.0 Å². The van der Waals surface area contributed by atoms with Crippen LogP contribution in [0.2, 0.25) is 0 Å². The molecule has 0 saturated heterocycles. The van der Waals surface area contributed by atoms with Gasteiger partial charge in [-0.2, -0.15) is 0 Å². The Morgan fingerprint density at radius 3 is 2.74 bits per heavy atom. The molecule has 0 spiro atoms. The quantitative estimate of drug-likeness (QED) is 0.632. The number of hydrogen-bond acceptors (Lipinski definition) is 5. The largest absolute Gasteiger partial charge is 0.441 e. The van der Waals surface area contributed by atoms with E-state index in [1.165, 1.54) is 5.56 Å². The number of allylic oxidation sites excluding steroid dienone is 2. The van der Waals surface area contributed by atoms with Crippen LogP contribution in [0.5, 0.6) is 0 Å². The lowest BCUT2D eigenvalue weighted by molar-refractivity contribution is -0.126. The van der Waals surface area contributed by atoms with Gasteiger partial charge < -0.3 is 14.5 Å². The zero-order chi connectivity index (χ0) is 22.3. The van der Waals surface area contributed by atoms with Crippen LogP contribution >= 0.6 is 0 Å². The van der Waals surface area contributed by atoms with Crippen molar-refractivity contribution in [2.24, 2.45) is 10.4 Å². The molecule has 1 amide bonds. The summed E-state index contributed by atoms with van der Waals surface area (Å²) in [5.41, 5.74) is 3.94. The number of rotatable bonds is 9. The van der Waals surface area contributed by atoms with Gasteiger partial charge in [-0.3, -0.25) is 9.79 Å². The van der Waals surface area contributed by atoms with E-state index in [-0.39, 0.29) is 24.5 Å². The first-order valence-electron chi connectivity index (χ1n) is 10.7. The maximum absolute atomic E-state index is 12.1. The van der Waals surface area contributed by atoms with Crippen molar-refractivity contribution in [3.8, 4) is 11.5 Å². The number of nitrogens with zero attached hydrogens (tertiary/aromatic N) is 2. The molecule has 0 saturated carbocycles. The molecule has 1 aliphatic rings. The number of ether oxygens (including phenoxy) is 1. The molecule has 3 rings (SSSR count). The Kier molecular flexibility index (Phi) is 7.58. The highest BCUT2D eigenvalue weighted by Crippen LogP contribution is 2.23. The van der Waals surface area contributed by atoms with Gasteiger partial charge in [0, 0.05) is 29.9 Å². The fourth-order valence-corrected chi connectivity index (χ4v) is 3.09. The van der Waals surface area contributed by atoms with E-state index in [0.29, 0.717) is 23.9 Å². The van der Waals surface area contributed by atoms with Crippen LogP contribution in [-0.2, 0) is 22.6 Å². The number of aliphatic imine (C=N–C) groups is 1. The summed E-state index contributed by atoms with van der Waals surface area (Å²) < 4.78 is 11.3. The van der Waals surface area contributed by atoms with Crippen molar-refractivity contribution < 1.29 is 13.9 Å². The third-order valence-electron chi connectivity index (χ3n) is 5.08. The highest BCUT2D eigenvalue weighted by Gasteiger charge is 2.13. The molecule has 0 unspecified atom stereocenters. The van der Waals surface area contributed by atoms with Crippen LogP contribution in [0.4, 0.5) is 0 Å². The van der Waals surface area contributed by atoms with Crippen molar-refractivity contribution in [2.45, 2.75) is 47.1 Å². The Hall–Kier alpha value is -2.99. The minimum absolute atomic E-state index is 0.0209. The summed E-state index contributed by atoms with van der Waals surface area (Å²) in [6.45, 7) is 8.93. The molecule has 2 aromatic rings. The van der Waals surface area contributed by atoms with Gasteiger partial charge in [0.25, 0.3) is 0 Å². The molecule has 1 N–H and O–H groups in total. The molecule has 164 valence electrons. The van der Waals surface area contributed by atoms with E-state index in [4.69, 9.17) is 9.15 Å². The van der Waals surface area contributed by atoms with Gasteiger partial charge in [0.2, 0.25) is 11.8 Å². The SMILES string of the molecule is CCc1ccc(-c2nc(COCC(=O)NCCC3=CN=CC(C)(C)C=C3)c(C)o2)cc1. The Bertz CT molecular complexity index is 982. The minimum Gasteiger partial charge on any atom is -0.441 e. The van der Waals surface area contributed by atoms with E-state index in [9.17, 15) is 4.79 Å². The van der Waals surface area contributed by atoms with Crippen molar-refractivity contribution in [2.75, 3.05) is 13.2 Å². The van der Waals surface area contributed by atoms with Crippen LogP contribution in [0.1, 0.15) is 44.2 Å². The van der Waals surface area contributed by atoms with E-state index >= 15 is 0 Å². The molecule has 31 heavy (non-hydrogen) atoms. The number of aryl methyl sites for hydroxylation is 2. The maximum Gasteiger partial charge on any atom is 0.246 e. The molecule has 0 bridgehead atoms. The van der Waals surface area contributed by atoms with Crippen LogP contribution in [0, 0.1) is 12.3 Å². The Morgan fingerprint density at radius 2 is 2.00 bits per heavy atom. The van der Waals surface area contributed by atoms with E-state index in [1.807, 2.05) is 31.5 Å². The van der Waals surface area contributed by atoms with Gasteiger partial charge in [0.15, 0.2) is 0 Å². The molecule has 6 nitrogen and oxygen atoms in total. The predicted molar refractivity (Wildman–Crippen MR) is 123 cm³/mol. The number of nitrogens with one attached hydrogen (secondary N) is 1. The summed E-state index contributed by atoms with van der Waals surface area (Å²) in [7, 11) is 0. The van der Waals surface area contributed by atoms with Gasteiger partial charge in [-0.25, -0.2) is 4.98 Å². The first kappa shape index (κ1) is 22.7. The average molecular weight is 422 g/mol. The molecule has 1 aromatic heterocycles. The summed E-state index contributed by atoms with van der Waals surface area (Å²) in [5.74, 6) is 1.11. The molecule has 0 atom stereocenters. The molecule has 1 aliphatic heterocycles.